The monoisotopic (exact) mass is 445 g/mol. The summed E-state index contributed by atoms with van der Waals surface area (Å²) in [5.74, 6) is 0.632. The minimum atomic E-state index is -0.676. The molecule has 2 aromatic rings. The van der Waals surface area contributed by atoms with Gasteiger partial charge in [0, 0.05) is 44.1 Å². The summed E-state index contributed by atoms with van der Waals surface area (Å²) in [5.41, 5.74) is 9.27. The smallest absolute Gasteiger partial charge is 0.253 e. The van der Waals surface area contributed by atoms with Gasteiger partial charge in [0.1, 0.15) is 5.78 Å². The first kappa shape index (κ1) is 21.8. The zero-order valence-electron chi connectivity index (χ0n) is 19.0. The molecule has 5 rings (SSSR count). The van der Waals surface area contributed by atoms with Crippen LogP contribution >= 0.6 is 0 Å². The molecule has 2 aliphatic carbocycles. The molecule has 0 radical (unpaired) electrons. The largest absolute Gasteiger partial charge is 0.338 e. The van der Waals surface area contributed by atoms with E-state index in [0.717, 1.165) is 48.8 Å². The molecule has 172 valence electrons. The van der Waals surface area contributed by atoms with Crippen LogP contribution in [0.25, 0.3) is 11.1 Å². The summed E-state index contributed by atoms with van der Waals surface area (Å²) in [4.78, 5) is 41.4. The Labute approximate surface area is 194 Å². The summed E-state index contributed by atoms with van der Waals surface area (Å²) in [6, 6.07) is 15.7. The summed E-state index contributed by atoms with van der Waals surface area (Å²) < 4.78 is 0. The SMILES string of the molecule is NC1(C(=O)N2CCN(C(=O)c3ccc(-c4cccc(CC(=O)C5CC5)c4)cc3)CC2)CCC1. The van der Waals surface area contributed by atoms with Crippen molar-refractivity contribution in [2.45, 2.75) is 44.1 Å². The lowest BCUT2D eigenvalue weighted by Crippen LogP contribution is -2.62. The van der Waals surface area contributed by atoms with Gasteiger partial charge in [0.25, 0.3) is 5.91 Å². The number of hydrogen-bond donors (Lipinski definition) is 1. The molecule has 1 heterocycles. The summed E-state index contributed by atoms with van der Waals surface area (Å²) in [6.07, 6.45) is 5.10. The van der Waals surface area contributed by atoms with Crippen LogP contribution in [-0.4, -0.2) is 59.1 Å². The van der Waals surface area contributed by atoms with Crippen LogP contribution in [0, 0.1) is 5.92 Å². The molecule has 2 saturated carbocycles. The average Bonchev–Trinajstić information content (AvgIpc) is 3.68. The Hall–Kier alpha value is -2.99. The number of amides is 2. The van der Waals surface area contributed by atoms with Gasteiger partial charge in [0.15, 0.2) is 0 Å². The van der Waals surface area contributed by atoms with Crippen LogP contribution in [0.5, 0.6) is 0 Å². The number of benzene rings is 2. The fourth-order valence-corrected chi connectivity index (χ4v) is 4.80. The number of carbonyl (C=O) groups excluding carboxylic acids is 3. The van der Waals surface area contributed by atoms with Gasteiger partial charge >= 0.3 is 0 Å². The van der Waals surface area contributed by atoms with Gasteiger partial charge in [-0.15, -0.1) is 0 Å². The van der Waals surface area contributed by atoms with Gasteiger partial charge in [-0.25, -0.2) is 0 Å². The van der Waals surface area contributed by atoms with Crippen molar-refractivity contribution in [2.24, 2.45) is 11.7 Å². The molecule has 0 atom stereocenters. The van der Waals surface area contributed by atoms with E-state index in [1.807, 2.05) is 52.3 Å². The maximum absolute atomic E-state index is 13.0. The molecule has 1 saturated heterocycles. The molecule has 2 N–H and O–H groups in total. The van der Waals surface area contributed by atoms with Crippen molar-refractivity contribution in [2.75, 3.05) is 26.2 Å². The number of rotatable bonds is 6. The second-order valence-electron chi connectivity index (χ2n) is 9.79. The Balaban J connectivity index is 1.20. The van der Waals surface area contributed by atoms with Gasteiger partial charge in [-0.05, 0) is 60.9 Å². The third kappa shape index (κ3) is 4.58. The van der Waals surface area contributed by atoms with Crippen LogP contribution in [0.15, 0.2) is 48.5 Å². The molecule has 0 aromatic heterocycles. The van der Waals surface area contributed by atoms with Crippen LogP contribution in [0.2, 0.25) is 0 Å². The van der Waals surface area contributed by atoms with Gasteiger partial charge in [-0.1, -0.05) is 36.4 Å². The molecule has 6 nitrogen and oxygen atoms in total. The first-order valence-electron chi connectivity index (χ1n) is 12.0. The van der Waals surface area contributed by atoms with E-state index < -0.39 is 5.54 Å². The number of ketones is 1. The molecule has 3 aliphatic rings. The van der Waals surface area contributed by atoms with E-state index in [9.17, 15) is 14.4 Å². The molecular weight excluding hydrogens is 414 g/mol. The Bertz CT molecular complexity index is 1060. The summed E-state index contributed by atoms with van der Waals surface area (Å²) >= 11 is 0. The maximum Gasteiger partial charge on any atom is 0.253 e. The number of piperazine rings is 1. The van der Waals surface area contributed by atoms with Gasteiger partial charge < -0.3 is 15.5 Å². The number of nitrogens with two attached hydrogens (primary N) is 1. The Morgan fingerprint density at radius 2 is 1.55 bits per heavy atom. The lowest BCUT2D eigenvalue weighted by Gasteiger charge is -2.43. The molecular formula is C27H31N3O3. The van der Waals surface area contributed by atoms with Crippen LogP contribution in [0.4, 0.5) is 0 Å². The van der Waals surface area contributed by atoms with E-state index in [1.165, 1.54) is 0 Å². The highest BCUT2D eigenvalue weighted by molar-refractivity contribution is 5.95. The molecule has 33 heavy (non-hydrogen) atoms. The average molecular weight is 446 g/mol. The van der Waals surface area contributed by atoms with Crippen molar-refractivity contribution in [3.63, 3.8) is 0 Å². The number of Topliss-reactive ketones (excluding diaryl/α,β-unsaturated/α-hetero) is 1. The molecule has 6 heteroatoms. The summed E-state index contributed by atoms with van der Waals surface area (Å²) in [7, 11) is 0. The highest BCUT2D eigenvalue weighted by Gasteiger charge is 2.43. The zero-order chi connectivity index (χ0) is 23.0. The van der Waals surface area contributed by atoms with Crippen molar-refractivity contribution in [3.05, 3.63) is 59.7 Å². The first-order valence-corrected chi connectivity index (χ1v) is 12.0. The molecule has 0 bridgehead atoms. The quantitative estimate of drug-likeness (QED) is 0.741. The fraction of sp³-hybridized carbons (Fsp3) is 0.444. The first-order chi connectivity index (χ1) is 15.9. The van der Waals surface area contributed by atoms with Crippen LogP contribution in [-0.2, 0) is 16.0 Å². The third-order valence-electron chi connectivity index (χ3n) is 7.33. The second-order valence-corrected chi connectivity index (χ2v) is 9.79. The topological polar surface area (TPSA) is 83.7 Å². The standard InChI is InChI=1S/C27H31N3O3/c28-27(11-2-12-27)26(33)30-15-13-29(14-16-30)25(32)22-9-5-20(6-10-22)23-4-1-3-19(17-23)18-24(31)21-7-8-21/h1,3-6,9-10,17,21H,2,7-8,11-16,18,28H2. The molecule has 3 fully saturated rings. The van der Waals surface area contributed by atoms with Crippen LogP contribution in [0.3, 0.4) is 0 Å². The maximum atomic E-state index is 13.0. The van der Waals surface area contributed by atoms with Crippen LogP contribution in [0.1, 0.15) is 48.0 Å². The zero-order valence-corrected chi connectivity index (χ0v) is 19.0. The molecule has 2 aromatic carbocycles. The predicted molar refractivity (Wildman–Crippen MR) is 127 cm³/mol. The molecule has 0 spiro atoms. The lowest BCUT2D eigenvalue weighted by molar-refractivity contribution is -0.141. The van der Waals surface area contributed by atoms with E-state index in [-0.39, 0.29) is 17.7 Å². The van der Waals surface area contributed by atoms with Crippen molar-refractivity contribution >= 4 is 17.6 Å². The number of carbonyl (C=O) groups is 3. The van der Waals surface area contributed by atoms with Crippen molar-refractivity contribution in [1.29, 1.82) is 0 Å². The highest BCUT2D eigenvalue weighted by Crippen LogP contribution is 2.32. The normalized spacial score (nSPS) is 19.7. The van der Waals surface area contributed by atoms with Crippen molar-refractivity contribution in [3.8, 4) is 11.1 Å². The van der Waals surface area contributed by atoms with Gasteiger partial charge in [-0.2, -0.15) is 0 Å². The van der Waals surface area contributed by atoms with E-state index in [1.54, 1.807) is 0 Å². The lowest BCUT2D eigenvalue weighted by atomic mass is 9.76. The summed E-state index contributed by atoms with van der Waals surface area (Å²) in [5, 5.41) is 0. The van der Waals surface area contributed by atoms with E-state index in [4.69, 9.17) is 5.73 Å². The third-order valence-corrected chi connectivity index (χ3v) is 7.33. The Morgan fingerprint density at radius 1 is 0.879 bits per heavy atom. The van der Waals surface area contributed by atoms with Gasteiger partial charge in [0.2, 0.25) is 5.91 Å². The van der Waals surface area contributed by atoms with E-state index >= 15 is 0 Å². The van der Waals surface area contributed by atoms with Crippen molar-refractivity contribution in [1.82, 2.24) is 9.80 Å². The molecule has 0 unspecified atom stereocenters. The Kier molecular flexibility index (Phi) is 5.79. The second kappa shape index (κ2) is 8.75. The molecule has 2 amide bonds. The minimum Gasteiger partial charge on any atom is -0.338 e. The van der Waals surface area contributed by atoms with E-state index in [0.29, 0.717) is 43.9 Å². The number of hydrogen-bond acceptors (Lipinski definition) is 4. The minimum absolute atomic E-state index is 0.0106. The van der Waals surface area contributed by atoms with Gasteiger partial charge in [0.05, 0.1) is 5.54 Å². The summed E-state index contributed by atoms with van der Waals surface area (Å²) in [6.45, 7) is 2.13. The van der Waals surface area contributed by atoms with Crippen LogP contribution < -0.4 is 5.73 Å². The van der Waals surface area contributed by atoms with Crippen molar-refractivity contribution < 1.29 is 14.4 Å². The van der Waals surface area contributed by atoms with Gasteiger partial charge in [-0.3, -0.25) is 14.4 Å². The Morgan fingerprint density at radius 3 is 2.15 bits per heavy atom. The predicted octanol–water partition coefficient (Wildman–Crippen LogP) is 3.04. The molecule has 1 aliphatic heterocycles. The highest BCUT2D eigenvalue weighted by atomic mass is 16.2. The fourth-order valence-electron chi connectivity index (χ4n) is 4.80. The van der Waals surface area contributed by atoms with E-state index in [2.05, 4.69) is 6.07 Å². The number of nitrogens with zero attached hydrogens (tertiary/aromatic N) is 2.